The third-order valence-corrected chi connectivity index (χ3v) is 14.4. The first kappa shape index (κ1) is 59.1. The highest BCUT2D eigenvalue weighted by atomic mass is 16.8. The normalized spacial score (nSPS) is 22.2. The summed E-state index contributed by atoms with van der Waals surface area (Å²) in [7, 11) is 0. The lowest BCUT2D eigenvalue weighted by Gasteiger charge is -2.50. The van der Waals surface area contributed by atoms with Gasteiger partial charge in [-0.1, -0.05) is 212 Å². The van der Waals surface area contributed by atoms with Crippen LogP contribution in [-0.4, -0.2) is 84.4 Å². The minimum absolute atomic E-state index is 0.0150. The van der Waals surface area contributed by atoms with E-state index in [4.69, 9.17) is 47.4 Å². The lowest BCUT2D eigenvalue weighted by Crippen LogP contribution is -2.67. The molecule has 17 heteroatoms. The van der Waals surface area contributed by atoms with Gasteiger partial charge in [-0.25, -0.2) is 0 Å². The quantitative estimate of drug-likeness (QED) is 0.0344. The van der Waals surface area contributed by atoms with E-state index in [0.29, 0.717) is 0 Å². The molecule has 2 fully saturated rings. The Balaban J connectivity index is 1.11. The van der Waals surface area contributed by atoms with Gasteiger partial charge in [0.25, 0.3) is 11.4 Å². The maximum Gasteiger partial charge on any atom is 0.299 e. The molecule has 8 aromatic carbocycles. The van der Waals surface area contributed by atoms with Crippen molar-refractivity contribution in [1.29, 1.82) is 0 Å². The number of nitro benzene ring substituents is 2. The molecule has 0 spiro atoms. The Morgan fingerprint density at radius 1 is 0.369 bits per heavy atom. The molecule has 0 aliphatic carbocycles. The smallest absolute Gasteiger partial charge is 0.299 e. The number of anilines is 1. The van der Waals surface area contributed by atoms with Gasteiger partial charge in [0.2, 0.25) is 0 Å². The molecular weight excluding hydrogens is 1070 g/mol. The lowest BCUT2D eigenvalue weighted by atomic mass is 9.94. The Labute approximate surface area is 488 Å². The molecule has 10 atom stereocenters. The van der Waals surface area contributed by atoms with Gasteiger partial charge in [0.1, 0.15) is 54.5 Å². The minimum atomic E-state index is -1.42. The summed E-state index contributed by atoms with van der Waals surface area (Å²) in [6, 6.07) is 70.0. The summed E-state index contributed by atoms with van der Waals surface area (Å²) >= 11 is 0. The van der Waals surface area contributed by atoms with Crippen molar-refractivity contribution in [3.05, 3.63) is 290 Å². The highest BCUT2D eigenvalue weighted by molar-refractivity contribution is 5.66. The van der Waals surface area contributed by atoms with Crippen molar-refractivity contribution in [2.75, 3.05) is 18.5 Å². The van der Waals surface area contributed by atoms with Gasteiger partial charge in [-0.2, -0.15) is 0 Å². The monoisotopic (exact) mass is 1140 g/mol. The number of non-ortho nitro benzene ring substituents is 1. The van der Waals surface area contributed by atoms with Crippen LogP contribution in [0.3, 0.4) is 0 Å². The zero-order chi connectivity index (χ0) is 57.7. The number of hydrogen-bond acceptors (Lipinski definition) is 15. The molecule has 8 aromatic rings. The third kappa shape index (κ3) is 16.6. The molecule has 0 radical (unpaired) electrons. The fourth-order valence-electron chi connectivity index (χ4n) is 10.2. The van der Waals surface area contributed by atoms with Crippen molar-refractivity contribution in [3.8, 4) is 0 Å². The second-order valence-electron chi connectivity index (χ2n) is 20.4. The van der Waals surface area contributed by atoms with E-state index < -0.39 is 82.6 Å². The first-order valence-corrected chi connectivity index (χ1v) is 28.0. The standard InChI is InChI=1S/C67H67N3O14/c71-69(72)55-36-37-56(57(38-55)70(73)74)68-60-63(79-43-52-30-16-5-17-31-52)61(77-41-50-26-12-3-13-27-50)58(46-75-39-48-22-8-1-9-23-48)82-66(60)84-64-62(78-42-51-28-14-4-15-29-51)59(47-76-40-49-24-10-2-11-25-49)83-67(81-45-54-34-20-7-21-35-54)65(64)80-44-53-32-18-6-19-33-53/h1-38,58-68H,39-47H2/t58-,59-,60-,61-,62-,63-,64+,65-,66+,67-/m1/s1. The van der Waals surface area contributed by atoms with E-state index in [0.717, 1.165) is 45.0 Å². The van der Waals surface area contributed by atoms with Crippen LogP contribution in [0.5, 0.6) is 0 Å². The summed E-state index contributed by atoms with van der Waals surface area (Å²) in [4.78, 5) is 23.9. The highest BCUT2D eigenvalue weighted by Gasteiger charge is 2.55. The van der Waals surface area contributed by atoms with Crippen molar-refractivity contribution in [3.63, 3.8) is 0 Å². The molecule has 1 N–H and O–H groups in total. The van der Waals surface area contributed by atoms with E-state index in [1.807, 2.05) is 212 Å². The number of nitro groups is 2. The average Bonchev–Trinajstić information content (AvgIpc) is 2.06. The molecule has 0 unspecified atom stereocenters. The fourth-order valence-corrected chi connectivity index (χ4v) is 10.2. The van der Waals surface area contributed by atoms with Gasteiger partial charge in [-0.3, -0.25) is 20.2 Å². The average molecular weight is 1140 g/mol. The van der Waals surface area contributed by atoms with Crippen LogP contribution in [0.15, 0.2) is 231 Å². The molecule has 0 amide bonds. The van der Waals surface area contributed by atoms with Crippen molar-refractivity contribution in [2.45, 2.75) is 108 Å². The zero-order valence-corrected chi connectivity index (χ0v) is 46.2. The zero-order valence-electron chi connectivity index (χ0n) is 46.2. The predicted octanol–water partition coefficient (Wildman–Crippen LogP) is 12.1. The van der Waals surface area contributed by atoms with E-state index >= 15 is 0 Å². The summed E-state index contributed by atoms with van der Waals surface area (Å²) in [5.74, 6) is 0. The molecule has 2 aliphatic heterocycles. The van der Waals surface area contributed by atoms with Crippen LogP contribution in [0.1, 0.15) is 38.9 Å². The maximum atomic E-state index is 13.1. The van der Waals surface area contributed by atoms with E-state index in [9.17, 15) is 20.2 Å². The van der Waals surface area contributed by atoms with Crippen LogP contribution in [0, 0.1) is 20.2 Å². The van der Waals surface area contributed by atoms with Crippen LogP contribution < -0.4 is 5.32 Å². The topological polar surface area (TPSA) is 191 Å². The molecular formula is C67H67N3O14. The Bertz CT molecular complexity index is 3230. The molecule has 10 rings (SSSR count). The Morgan fingerprint density at radius 3 is 1.11 bits per heavy atom. The summed E-state index contributed by atoms with van der Waals surface area (Å²) in [5, 5.41) is 28.6. The van der Waals surface area contributed by atoms with Gasteiger partial charge in [-0.15, -0.1) is 0 Å². The van der Waals surface area contributed by atoms with E-state index in [-0.39, 0.29) is 65.1 Å². The van der Waals surface area contributed by atoms with E-state index in [1.54, 1.807) is 0 Å². The predicted molar refractivity (Wildman–Crippen MR) is 313 cm³/mol. The van der Waals surface area contributed by atoms with Crippen LogP contribution in [0.25, 0.3) is 0 Å². The summed E-state index contributed by atoms with van der Waals surface area (Å²) < 4.78 is 70.1. The molecule has 434 valence electrons. The minimum Gasteiger partial charge on any atom is -0.374 e. The second kappa shape index (κ2) is 30.5. The Morgan fingerprint density at radius 2 is 0.714 bits per heavy atom. The van der Waals surface area contributed by atoms with Crippen molar-refractivity contribution in [1.82, 2.24) is 0 Å². The number of nitrogens with one attached hydrogen (secondary N) is 1. The van der Waals surface area contributed by atoms with Gasteiger partial charge in [0, 0.05) is 6.07 Å². The first-order chi connectivity index (χ1) is 41.3. The largest absolute Gasteiger partial charge is 0.374 e. The fraction of sp³-hybridized carbons (Fsp3) is 0.284. The molecule has 2 heterocycles. The molecule has 2 saturated heterocycles. The highest BCUT2D eigenvalue weighted by Crippen LogP contribution is 2.39. The molecule has 0 saturated carbocycles. The number of rotatable bonds is 29. The lowest BCUT2D eigenvalue weighted by molar-refractivity contribution is -0.393. The summed E-state index contributed by atoms with van der Waals surface area (Å²) in [6.45, 7) is 0.961. The number of nitrogens with zero attached hydrogens (tertiary/aromatic N) is 2. The molecule has 17 nitrogen and oxygen atoms in total. The molecule has 0 bridgehead atoms. The van der Waals surface area contributed by atoms with Gasteiger partial charge < -0.3 is 52.7 Å². The molecule has 2 aliphatic rings. The number of benzene rings is 8. The SMILES string of the molecule is O=[N+]([O-])c1ccc(N[C@H]2[C@H](O[C@@H]3[C@@H](OCc4ccccc4)[C@H](OCc4ccccc4)O[C@H](COCc4ccccc4)[C@H]3OCc3ccccc3)O[C@H](COCc3ccccc3)[C@@H](OCc3ccccc3)[C@@H]2OCc2ccccc2)c([N+](=O)[O-])c1. The van der Waals surface area contributed by atoms with Crippen LogP contribution in [0.4, 0.5) is 17.1 Å². The van der Waals surface area contributed by atoms with Gasteiger partial charge in [0.15, 0.2) is 12.6 Å². The van der Waals surface area contributed by atoms with Crippen LogP contribution in [-0.2, 0) is 93.6 Å². The molecule has 84 heavy (non-hydrogen) atoms. The molecule has 0 aromatic heterocycles. The van der Waals surface area contributed by atoms with Gasteiger partial charge >= 0.3 is 0 Å². The van der Waals surface area contributed by atoms with Gasteiger partial charge in [-0.05, 0) is 45.0 Å². The van der Waals surface area contributed by atoms with Crippen molar-refractivity contribution >= 4 is 17.1 Å². The Hall–Kier alpha value is -8.04. The number of hydrogen-bond donors (Lipinski definition) is 1. The second-order valence-corrected chi connectivity index (χ2v) is 20.4. The van der Waals surface area contributed by atoms with Crippen molar-refractivity contribution < 1.29 is 57.2 Å². The third-order valence-electron chi connectivity index (χ3n) is 14.4. The van der Waals surface area contributed by atoms with Gasteiger partial charge in [0.05, 0.1) is 75.4 Å². The van der Waals surface area contributed by atoms with Crippen molar-refractivity contribution in [2.24, 2.45) is 0 Å². The Kier molecular flexibility index (Phi) is 21.5. The van der Waals surface area contributed by atoms with E-state index in [1.165, 1.54) is 12.1 Å². The maximum absolute atomic E-state index is 13.1. The summed E-state index contributed by atoms with van der Waals surface area (Å²) in [6.07, 6.45) is -9.55. The van der Waals surface area contributed by atoms with Crippen LogP contribution >= 0.6 is 0 Å². The van der Waals surface area contributed by atoms with E-state index in [2.05, 4.69) is 5.32 Å². The summed E-state index contributed by atoms with van der Waals surface area (Å²) in [5.41, 5.74) is 5.04. The number of ether oxygens (including phenoxy) is 10. The van der Waals surface area contributed by atoms with Crippen LogP contribution in [0.2, 0.25) is 0 Å². The first-order valence-electron chi connectivity index (χ1n) is 28.0.